The van der Waals surface area contributed by atoms with Crippen molar-refractivity contribution >= 4 is 9.84 Å². The van der Waals surface area contributed by atoms with Gasteiger partial charge in [-0.1, -0.05) is 30.3 Å². The van der Waals surface area contributed by atoms with Gasteiger partial charge in [0, 0.05) is 6.26 Å². The first-order valence-corrected chi connectivity index (χ1v) is 11.2. The Labute approximate surface area is 164 Å². The Bertz CT molecular complexity index is 1020. The number of sulfone groups is 1. The number of hydrogen-bond acceptors (Lipinski definition) is 6. The van der Waals surface area contributed by atoms with E-state index < -0.39 is 9.84 Å². The standard InChI is InChI=1S/C20H23N5O2S/c1-28(26,27)19-9-7-18(8-10-19)25-20(21-22-23-25)15-24-13-11-17(12-14-24)16-5-3-2-4-6-16/h2-10,17H,11-15H2,1H3. The fraction of sp³-hybridized carbons (Fsp3) is 0.350. The molecule has 0 saturated carbocycles. The van der Waals surface area contributed by atoms with Crippen LogP contribution in [0.1, 0.15) is 30.1 Å². The number of nitrogens with zero attached hydrogens (tertiary/aromatic N) is 5. The lowest BCUT2D eigenvalue weighted by Gasteiger charge is -2.31. The van der Waals surface area contributed by atoms with E-state index in [0.717, 1.165) is 37.4 Å². The van der Waals surface area contributed by atoms with Gasteiger partial charge in [-0.05, 0) is 72.1 Å². The average molecular weight is 398 g/mol. The Hall–Kier alpha value is -2.58. The summed E-state index contributed by atoms with van der Waals surface area (Å²) in [5.41, 5.74) is 2.17. The summed E-state index contributed by atoms with van der Waals surface area (Å²) in [6.45, 7) is 2.67. The quantitative estimate of drug-likeness (QED) is 0.658. The Balaban J connectivity index is 1.43. The zero-order valence-electron chi connectivity index (χ0n) is 15.8. The maximum Gasteiger partial charge on any atom is 0.175 e. The van der Waals surface area contributed by atoms with Crippen molar-refractivity contribution in [3.05, 3.63) is 66.0 Å². The van der Waals surface area contributed by atoms with Crippen molar-refractivity contribution in [2.75, 3.05) is 19.3 Å². The third-order valence-corrected chi connectivity index (χ3v) is 6.40. The molecule has 146 valence electrons. The summed E-state index contributed by atoms with van der Waals surface area (Å²) < 4.78 is 24.9. The summed E-state index contributed by atoms with van der Waals surface area (Å²) in [5.74, 6) is 1.36. The second kappa shape index (κ2) is 7.81. The molecule has 7 nitrogen and oxygen atoms in total. The van der Waals surface area contributed by atoms with Crippen LogP contribution in [0.4, 0.5) is 0 Å². The van der Waals surface area contributed by atoms with E-state index in [1.54, 1.807) is 28.9 Å². The van der Waals surface area contributed by atoms with Crippen LogP contribution >= 0.6 is 0 Å². The highest BCUT2D eigenvalue weighted by molar-refractivity contribution is 7.90. The fourth-order valence-corrected chi connectivity index (χ4v) is 4.32. The van der Waals surface area contributed by atoms with Crippen LogP contribution in [0.2, 0.25) is 0 Å². The normalized spacial score (nSPS) is 16.3. The molecule has 0 N–H and O–H groups in total. The van der Waals surface area contributed by atoms with Gasteiger partial charge in [-0.25, -0.2) is 8.42 Å². The van der Waals surface area contributed by atoms with Crippen molar-refractivity contribution < 1.29 is 8.42 Å². The van der Waals surface area contributed by atoms with Gasteiger partial charge in [0.15, 0.2) is 15.7 Å². The molecule has 28 heavy (non-hydrogen) atoms. The van der Waals surface area contributed by atoms with Gasteiger partial charge in [0.05, 0.1) is 17.1 Å². The second-order valence-electron chi connectivity index (χ2n) is 7.23. The minimum atomic E-state index is -3.22. The molecule has 1 aliphatic rings. The molecular weight excluding hydrogens is 374 g/mol. The summed E-state index contributed by atoms with van der Waals surface area (Å²) in [6.07, 6.45) is 3.44. The molecule has 1 aliphatic heterocycles. The molecule has 1 fully saturated rings. The van der Waals surface area contributed by atoms with Gasteiger partial charge in [-0.2, -0.15) is 4.68 Å². The number of piperidine rings is 1. The van der Waals surface area contributed by atoms with E-state index in [1.807, 2.05) is 0 Å². The summed E-state index contributed by atoms with van der Waals surface area (Å²) in [7, 11) is -3.22. The third kappa shape index (κ3) is 4.13. The summed E-state index contributed by atoms with van der Waals surface area (Å²) in [4.78, 5) is 2.65. The van der Waals surface area contributed by atoms with Gasteiger partial charge in [0.2, 0.25) is 0 Å². The first-order valence-electron chi connectivity index (χ1n) is 9.36. The zero-order chi connectivity index (χ0) is 19.6. The van der Waals surface area contributed by atoms with Gasteiger partial charge in [0.1, 0.15) is 0 Å². The number of benzene rings is 2. The molecule has 0 radical (unpaired) electrons. The molecule has 2 aromatic carbocycles. The Morgan fingerprint density at radius 3 is 2.32 bits per heavy atom. The summed E-state index contributed by atoms with van der Waals surface area (Å²) in [6, 6.07) is 17.3. The number of rotatable bonds is 5. The smallest absolute Gasteiger partial charge is 0.175 e. The average Bonchev–Trinajstić information content (AvgIpc) is 3.17. The predicted molar refractivity (Wildman–Crippen MR) is 106 cm³/mol. The Morgan fingerprint density at radius 2 is 1.68 bits per heavy atom. The van der Waals surface area contributed by atoms with Crippen LogP contribution in [0.15, 0.2) is 59.5 Å². The minimum absolute atomic E-state index is 0.286. The van der Waals surface area contributed by atoms with Crippen molar-refractivity contribution in [2.24, 2.45) is 0 Å². The van der Waals surface area contributed by atoms with E-state index in [0.29, 0.717) is 12.5 Å². The molecule has 2 heterocycles. The van der Waals surface area contributed by atoms with Gasteiger partial charge >= 0.3 is 0 Å². The van der Waals surface area contributed by atoms with Gasteiger partial charge in [0.25, 0.3) is 0 Å². The molecule has 8 heteroatoms. The Kier molecular flexibility index (Phi) is 5.23. The van der Waals surface area contributed by atoms with E-state index in [9.17, 15) is 8.42 Å². The summed E-state index contributed by atoms with van der Waals surface area (Å²) >= 11 is 0. The topological polar surface area (TPSA) is 81.0 Å². The highest BCUT2D eigenvalue weighted by atomic mass is 32.2. The van der Waals surface area contributed by atoms with Crippen LogP contribution in [0, 0.1) is 0 Å². The van der Waals surface area contributed by atoms with E-state index in [2.05, 4.69) is 50.8 Å². The monoisotopic (exact) mass is 397 g/mol. The van der Waals surface area contributed by atoms with Gasteiger partial charge in [-0.3, -0.25) is 4.90 Å². The number of tetrazole rings is 1. The lowest BCUT2D eigenvalue weighted by atomic mass is 9.89. The molecular formula is C20H23N5O2S. The van der Waals surface area contributed by atoms with Crippen molar-refractivity contribution in [2.45, 2.75) is 30.2 Å². The lowest BCUT2D eigenvalue weighted by molar-refractivity contribution is 0.199. The molecule has 4 rings (SSSR count). The number of aromatic nitrogens is 4. The molecule has 0 aliphatic carbocycles. The lowest BCUT2D eigenvalue weighted by Crippen LogP contribution is -2.33. The van der Waals surface area contributed by atoms with Crippen LogP contribution in [0.5, 0.6) is 0 Å². The van der Waals surface area contributed by atoms with Crippen molar-refractivity contribution in [1.82, 2.24) is 25.1 Å². The zero-order valence-corrected chi connectivity index (χ0v) is 16.6. The minimum Gasteiger partial charge on any atom is -0.296 e. The van der Waals surface area contributed by atoms with Gasteiger partial charge < -0.3 is 0 Å². The Morgan fingerprint density at radius 1 is 1.00 bits per heavy atom. The van der Waals surface area contributed by atoms with Crippen LogP contribution in [-0.4, -0.2) is 52.9 Å². The van der Waals surface area contributed by atoms with E-state index >= 15 is 0 Å². The molecule has 0 amide bonds. The van der Waals surface area contributed by atoms with Crippen molar-refractivity contribution in [3.63, 3.8) is 0 Å². The molecule has 1 aromatic heterocycles. The third-order valence-electron chi connectivity index (χ3n) is 5.27. The molecule has 0 bridgehead atoms. The predicted octanol–water partition coefficient (Wildman–Crippen LogP) is 2.45. The van der Waals surface area contributed by atoms with E-state index in [-0.39, 0.29) is 4.90 Å². The van der Waals surface area contributed by atoms with Gasteiger partial charge in [-0.15, -0.1) is 5.10 Å². The van der Waals surface area contributed by atoms with Crippen molar-refractivity contribution in [1.29, 1.82) is 0 Å². The van der Waals surface area contributed by atoms with Crippen LogP contribution in [-0.2, 0) is 16.4 Å². The molecule has 1 saturated heterocycles. The second-order valence-corrected chi connectivity index (χ2v) is 9.25. The molecule has 0 atom stereocenters. The first-order chi connectivity index (χ1) is 13.5. The van der Waals surface area contributed by atoms with Crippen molar-refractivity contribution in [3.8, 4) is 5.69 Å². The molecule has 0 unspecified atom stereocenters. The summed E-state index contributed by atoms with van der Waals surface area (Å²) in [5, 5.41) is 12.1. The molecule has 0 spiro atoms. The first kappa shape index (κ1) is 18.8. The maximum atomic E-state index is 11.6. The van der Waals surface area contributed by atoms with E-state index in [1.165, 1.54) is 11.8 Å². The molecule has 3 aromatic rings. The SMILES string of the molecule is CS(=O)(=O)c1ccc(-n2nnnc2CN2CCC(c3ccccc3)CC2)cc1. The highest BCUT2D eigenvalue weighted by Gasteiger charge is 2.22. The van der Waals surface area contributed by atoms with Crippen LogP contribution in [0.3, 0.4) is 0 Å². The maximum absolute atomic E-state index is 11.6. The van der Waals surface area contributed by atoms with Crippen LogP contribution < -0.4 is 0 Å². The highest BCUT2D eigenvalue weighted by Crippen LogP contribution is 2.28. The fourth-order valence-electron chi connectivity index (χ4n) is 3.69. The number of likely N-dealkylation sites (tertiary alicyclic amines) is 1. The largest absolute Gasteiger partial charge is 0.296 e. The number of hydrogen-bond donors (Lipinski definition) is 0. The van der Waals surface area contributed by atoms with Crippen LogP contribution in [0.25, 0.3) is 5.69 Å². The van der Waals surface area contributed by atoms with E-state index in [4.69, 9.17) is 0 Å².